The fourth-order valence-corrected chi connectivity index (χ4v) is 12.5. The summed E-state index contributed by atoms with van der Waals surface area (Å²) in [7, 11) is 0. The van der Waals surface area contributed by atoms with Crippen LogP contribution in [-0.2, 0) is 30.5 Å². The van der Waals surface area contributed by atoms with Crippen LogP contribution in [0, 0.1) is 26.2 Å². The number of amides is 4. The molecule has 17 nitrogen and oxygen atoms in total. The highest BCUT2D eigenvalue weighted by molar-refractivity contribution is 7.15. The summed E-state index contributed by atoms with van der Waals surface area (Å²) < 4.78 is 8.54. The molecule has 3 fully saturated rings. The Morgan fingerprint density at radius 2 is 1.62 bits per heavy atom. The number of hydrogen-bond acceptors (Lipinski definition) is 14. The number of nitrogens with one attached hydrogen (secondary N) is 3. The predicted molar refractivity (Wildman–Crippen MR) is 281 cm³/mol. The quantitative estimate of drug-likeness (QED) is 0.0784. The van der Waals surface area contributed by atoms with E-state index in [1.807, 2.05) is 87.7 Å². The number of benzene rings is 2. The number of carbonyl (C=O) groups excluding carboxylic acids is 4. The van der Waals surface area contributed by atoms with Gasteiger partial charge in [-0.1, -0.05) is 68.8 Å². The predicted octanol–water partition coefficient (Wildman–Crippen LogP) is 6.30. The molecule has 4 amide bonds. The zero-order chi connectivity index (χ0) is 51.9. The van der Waals surface area contributed by atoms with Crippen molar-refractivity contribution in [1.82, 2.24) is 45.5 Å². The van der Waals surface area contributed by atoms with Gasteiger partial charge in [-0.3, -0.25) is 33.6 Å². The smallest absolute Gasteiger partial charge is 0.246 e. The number of halogens is 1. The van der Waals surface area contributed by atoms with Crippen molar-refractivity contribution in [3.63, 3.8) is 0 Å². The van der Waals surface area contributed by atoms with Crippen LogP contribution < -0.4 is 16.0 Å². The molecule has 2 aromatic carbocycles. The zero-order valence-corrected chi connectivity index (χ0v) is 44.7. The lowest BCUT2D eigenvalue weighted by Gasteiger charge is -2.40. The molecule has 5 atom stereocenters. The monoisotopic (exact) mass is 1050 g/mol. The maximum atomic E-state index is 14.3. The lowest BCUT2D eigenvalue weighted by molar-refractivity contribution is -0.144. The van der Waals surface area contributed by atoms with E-state index in [-0.39, 0.29) is 68.5 Å². The first-order valence-electron chi connectivity index (χ1n) is 25.1. The zero-order valence-electron chi connectivity index (χ0n) is 42.4. The van der Waals surface area contributed by atoms with Crippen LogP contribution in [-0.4, -0.2) is 132 Å². The first-order valence-corrected chi connectivity index (χ1v) is 27.2. The number of likely N-dealkylation sites (tertiary alicyclic amines) is 2. The molecule has 0 bridgehead atoms. The second-order valence-electron chi connectivity index (χ2n) is 21.0. The summed E-state index contributed by atoms with van der Waals surface area (Å²) in [5.74, 6) is 0.173. The van der Waals surface area contributed by atoms with Crippen LogP contribution in [0.2, 0.25) is 5.02 Å². The van der Waals surface area contributed by atoms with E-state index in [1.54, 1.807) is 16.8 Å². The largest absolute Gasteiger partial charge is 0.391 e. The molecule has 6 heterocycles. The third-order valence-electron chi connectivity index (χ3n) is 14.6. The van der Waals surface area contributed by atoms with Crippen LogP contribution in [0.25, 0.3) is 15.4 Å². The molecule has 9 rings (SSSR count). The lowest BCUT2D eigenvalue weighted by atomic mass is 9.85. The fraction of sp³-hybridized carbons (Fsp3) is 0.509. The second kappa shape index (κ2) is 21.8. The lowest BCUT2D eigenvalue weighted by Crippen LogP contribution is -2.59. The van der Waals surface area contributed by atoms with Gasteiger partial charge in [0.2, 0.25) is 23.6 Å². The Bertz CT molecular complexity index is 2860. The van der Waals surface area contributed by atoms with Gasteiger partial charge in [-0.2, -0.15) is 0 Å². The number of thiazole rings is 1. The fourth-order valence-electron chi connectivity index (χ4n) is 10.3. The van der Waals surface area contributed by atoms with Gasteiger partial charge in [0.1, 0.15) is 29.0 Å². The summed E-state index contributed by atoms with van der Waals surface area (Å²) in [6, 6.07) is 12.5. The molecule has 2 saturated heterocycles. The van der Waals surface area contributed by atoms with Crippen LogP contribution in [0.4, 0.5) is 0 Å². The molecule has 5 N–H and O–H groups in total. The summed E-state index contributed by atoms with van der Waals surface area (Å²) >= 11 is 9.39. The molecule has 0 radical (unpaired) electrons. The molecule has 3 aromatic heterocycles. The molecular weight excluding hydrogens is 988 g/mol. The van der Waals surface area contributed by atoms with E-state index in [0.29, 0.717) is 42.5 Å². The number of aliphatic imine (C=N–C) groups is 1. The number of β-amino-alcohol motifs (C(OH)–C–C–N with tert-alkyl or cyclic N) is 1. The molecule has 0 spiro atoms. The van der Waals surface area contributed by atoms with Crippen molar-refractivity contribution in [1.29, 1.82) is 0 Å². The van der Waals surface area contributed by atoms with E-state index >= 15 is 0 Å². The second-order valence-corrected chi connectivity index (χ2v) is 23.5. The van der Waals surface area contributed by atoms with Crippen molar-refractivity contribution in [2.45, 2.75) is 142 Å². The van der Waals surface area contributed by atoms with Crippen molar-refractivity contribution >= 4 is 63.6 Å². The van der Waals surface area contributed by atoms with Gasteiger partial charge in [-0.05, 0) is 87.6 Å². The van der Waals surface area contributed by atoms with Gasteiger partial charge in [0.05, 0.1) is 65.7 Å². The number of fused-ring (bicyclic) bond motifs is 3. The van der Waals surface area contributed by atoms with Crippen LogP contribution in [0.5, 0.6) is 0 Å². The summed E-state index contributed by atoms with van der Waals surface area (Å²) in [6.45, 7) is 14.8. The van der Waals surface area contributed by atoms with E-state index in [0.717, 1.165) is 62.1 Å². The molecule has 20 heteroatoms. The molecule has 3 aliphatic heterocycles. The number of aromatic nitrogens is 4. The van der Waals surface area contributed by atoms with E-state index in [4.69, 9.17) is 21.3 Å². The average molecular weight is 1050 g/mol. The summed E-state index contributed by atoms with van der Waals surface area (Å²) in [5.41, 5.74) is 7.24. The number of aryl methyl sites for hydroxylation is 2. The molecular formula is C53H65ClN10O7S2. The van der Waals surface area contributed by atoms with E-state index < -0.39 is 41.6 Å². The topological polar surface area (TPSA) is 216 Å². The Morgan fingerprint density at radius 3 is 2.30 bits per heavy atom. The number of hydrogen-bond donors (Lipinski definition) is 5. The third-order valence-corrected chi connectivity index (χ3v) is 17.0. The van der Waals surface area contributed by atoms with Gasteiger partial charge in [0, 0.05) is 53.1 Å². The molecule has 4 aliphatic rings. The number of carbonyl (C=O) groups is 4. The Morgan fingerprint density at radius 1 is 0.918 bits per heavy atom. The van der Waals surface area contributed by atoms with Gasteiger partial charge < -0.3 is 35.8 Å². The average Bonchev–Trinajstić information content (AvgIpc) is 4.13. The highest BCUT2D eigenvalue weighted by atomic mass is 35.5. The number of aliphatic hydroxyl groups is 2. The van der Waals surface area contributed by atoms with Crippen molar-refractivity contribution in [2.24, 2.45) is 10.4 Å². The first-order chi connectivity index (χ1) is 34.8. The van der Waals surface area contributed by atoms with Crippen molar-refractivity contribution in [3.8, 4) is 15.4 Å². The minimum atomic E-state index is -0.937. The van der Waals surface area contributed by atoms with Crippen LogP contribution in [0.1, 0.15) is 123 Å². The molecule has 388 valence electrons. The van der Waals surface area contributed by atoms with Gasteiger partial charge in [-0.25, -0.2) is 4.98 Å². The maximum Gasteiger partial charge on any atom is 0.246 e. The van der Waals surface area contributed by atoms with E-state index in [9.17, 15) is 29.4 Å². The number of nitrogens with zero attached hydrogens (tertiary/aromatic N) is 7. The molecule has 5 aromatic rings. The van der Waals surface area contributed by atoms with Crippen molar-refractivity contribution in [3.05, 3.63) is 104 Å². The molecule has 0 unspecified atom stereocenters. The summed E-state index contributed by atoms with van der Waals surface area (Å²) in [5, 5.41) is 40.2. The number of ether oxygens (including phenoxy) is 1. The summed E-state index contributed by atoms with van der Waals surface area (Å²) in [4.78, 5) is 70.4. The standard InChI is InChI=1S/C53H65ClN10O7S2/c1-28-30(3)73-52-45(28)46(33-12-14-35(54)15-13-33)58-40(49-61-60-31(4)64(49)52)23-43(67)57-36-20-39(21-36)71-38-16-18-62(19-17-38)25-44(68)59-48(53(5,6)7)51(70)63-24-37(66)22-42(63)50(69)56-29(2)32-8-10-34(11-9-32)47-41(26-65)55-27-72-47/h8-15,27,29,36-40,42,48,65-66H,16-26H2,1-7H3,(H,56,69)(H,57,67)(H,59,68)/t29-,36?,37+,39?,40-,42-,48+/m0/s1. The normalized spacial score (nSPS) is 22.1. The molecule has 1 aliphatic carbocycles. The Balaban J connectivity index is 0.735. The number of aliphatic hydroxyl groups excluding tert-OH is 2. The van der Waals surface area contributed by atoms with Gasteiger partial charge in [-0.15, -0.1) is 32.9 Å². The Hall–Kier alpha value is -5.41. The first kappa shape index (κ1) is 52.5. The number of rotatable bonds is 15. The highest BCUT2D eigenvalue weighted by Gasteiger charge is 2.45. The third kappa shape index (κ3) is 11.5. The van der Waals surface area contributed by atoms with Gasteiger partial charge >= 0.3 is 0 Å². The van der Waals surface area contributed by atoms with E-state index in [1.165, 1.54) is 21.1 Å². The van der Waals surface area contributed by atoms with Crippen LogP contribution in [0.15, 0.2) is 59.0 Å². The van der Waals surface area contributed by atoms with Crippen molar-refractivity contribution in [2.75, 3.05) is 26.2 Å². The van der Waals surface area contributed by atoms with E-state index in [2.05, 4.69) is 49.9 Å². The Kier molecular flexibility index (Phi) is 15.7. The number of piperidine rings is 1. The minimum Gasteiger partial charge on any atom is -0.391 e. The summed E-state index contributed by atoms with van der Waals surface area (Å²) in [6.07, 6.45) is 2.24. The van der Waals surface area contributed by atoms with Crippen LogP contribution >= 0.6 is 34.3 Å². The minimum absolute atomic E-state index is 0.0185. The molecule has 1 saturated carbocycles. The van der Waals surface area contributed by atoms with Gasteiger partial charge in [0.15, 0.2) is 5.82 Å². The Labute approximate surface area is 438 Å². The van der Waals surface area contributed by atoms with Crippen LogP contribution in [0.3, 0.4) is 0 Å². The molecule has 73 heavy (non-hydrogen) atoms. The highest BCUT2D eigenvalue weighted by Crippen LogP contribution is 2.40. The maximum absolute atomic E-state index is 14.3. The van der Waals surface area contributed by atoms with Crippen molar-refractivity contribution < 1.29 is 34.1 Å². The number of thiophene rings is 1. The SMILES string of the molecule is Cc1sc2c(c1C)C(c1ccc(Cl)cc1)=N[C@@H](CC(=O)NC1CC(OC3CCN(CC(=O)N[C@H](C(=O)N4C[C@H](O)C[C@H]4C(=O)N[C@@H](C)c4ccc(-c5scnc5CO)cc4)C(C)(C)C)CC3)C1)c1nnc(C)n1-2. The van der Waals surface area contributed by atoms with Gasteiger partial charge in [0.25, 0.3) is 0 Å².